The number of aryl methyl sites for hydroxylation is 1. The van der Waals surface area contributed by atoms with Gasteiger partial charge < -0.3 is 10.0 Å². The van der Waals surface area contributed by atoms with Gasteiger partial charge in [0.15, 0.2) is 0 Å². The highest BCUT2D eigenvalue weighted by atomic mass is 35.5. The van der Waals surface area contributed by atoms with E-state index in [-0.39, 0.29) is 0 Å². The number of benzene rings is 1. The Balaban J connectivity index is 3.26. The van der Waals surface area contributed by atoms with Crippen LogP contribution in [0.4, 0.5) is 5.69 Å². The number of anilines is 1. The second-order valence-corrected chi connectivity index (χ2v) is 4.83. The van der Waals surface area contributed by atoms with E-state index in [1.54, 1.807) is 6.07 Å². The van der Waals surface area contributed by atoms with Crippen molar-refractivity contribution in [1.29, 1.82) is 0 Å². The highest BCUT2D eigenvalue weighted by molar-refractivity contribution is 6.18. The molecule has 100 valence electrons. The van der Waals surface area contributed by atoms with Gasteiger partial charge in [-0.3, -0.25) is 0 Å². The number of carboxylic acids is 1. The van der Waals surface area contributed by atoms with Crippen LogP contribution in [0.25, 0.3) is 0 Å². The van der Waals surface area contributed by atoms with Gasteiger partial charge in [0.1, 0.15) is 0 Å². The third-order valence-electron chi connectivity index (χ3n) is 2.89. The molecule has 0 aliphatic heterocycles. The summed E-state index contributed by atoms with van der Waals surface area (Å²) < 4.78 is 0. The number of alkyl halides is 2. The monoisotopic (exact) mass is 289 g/mol. The molecule has 0 unspecified atom stereocenters. The Morgan fingerprint density at radius 1 is 1.22 bits per heavy atom. The van der Waals surface area contributed by atoms with Gasteiger partial charge in [0.25, 0.3) is 0 Å². The van der Waals surface area contributed by atoms with Crippen LogP contribution >= 0.6 is 23.2 Å². The first-order valence-electron chi connectivity index (χ1n) is 5.73. The number of halogens is 2. The SMILES string of the molecule is Cc1ccc(C(=O)O)c(C)c1N(CCCl)CCCl. The van der Waals surface area contributed by atoms with Crippen LogP contribution in [-0.2, 0) is 0 Å². The lowest BCUT2D eigenvalue weighted by molar-refractivity contribution is 0.0696. The van der Waals surface area contributed by atoms with E-state index in [1.165, 1.54) is 0 Å². The number of aromatic carboxylic acids is 1. The number of carboxylic acid groups (broad SMARTS) is 1. The molecule has 0 amide bonds. The van der Waals surface area contributed by atoms with E-state index in [0.717, 1.165) is 16.8 Å². The molecular weight excluding hydrogens is 273 g/mol. The first kappa shape index (κ1) is 15.1. The summed E-state index contributed by atoms with van der Waals surface area (Å²) in [6, 6.07) is 3.46. The van der Waals surface area contributed by atoms with Crippen LogP contribution in [0.15, 0.2) is 12.1 Å². The number of hydrogen-bond donors (Lipinski definition) is 1. The van der Waals surface area contributed by atoms with Crippen molar-refractivity contribution in [2.45, 2.75) is 13.8 Å². The van der Waals surface area contributed by atoms with Crippen molar-refractivity contribution in [3.8, 4) is 0 Å². The first-order valence-corrected chi connectivity index (χ1v) is 6.80. The maximum Gasteiger partial charge on any atom is 0.336 e. The summed E-state index contributed by atoms with van der Waals surface area (Å²) in [5, 5.41) is 9.15. The van der Waals surface area contributed by atoms with E-state index in [9.17, 15) is 4.79 Å². The van der Waals surface area contributed by atoms with Gasteiger partial charge in [-0.2, -0.15) is 0 Å². The van der Waals surface area contributed by atoms with E-state index >= 15 is 0 Å². The Morgan fingerprint density at radius 2 is 1.78 bits per heavy atom. The van der Waals surface area contributed by atoms with Crippen LogP contribution < -0.4 is 4.90 Å². The summed E-state index contributed by atoms with van der Waals surface area (Å²) >= 11 is 11.6. The summed E-state index contributed by atoms with van der Waals surface area (Å²) in [4.78, 5) is 13.2. The molecule has 0 saturated carbocycles. The first-order chi connectivity index (χ1) is 8.52. The molecule has 0 aliphatic carbocycles. The van der Waals surface area contributed by atoms with Gasteiger partial charge >= 0.3 is 5.97 Å². The Kier molecular flexibility index (Phi) is 5.76. The van der Waals surface area contributed by atoms with E-state index in [0.29, 0.717) is 30.4 Å². The number of carbonyl (C=O) groups is 1. The molecule has 0 atom stereocenters. The normalized spacial score (nSPS) is 10.4. The lowest BCUT2D eigenvalue weighted by Crippen LogP contribution is -2.29. The fraction of sp³-hybridized carbons (Fsp3) is 0.462. The molecule has 1 aromatic rings. The van der Waals surface area contributed by atoms with Crippen LogP contribution in [0.2, 0.25) is 0 Å². The van der Waals surface area contributed by atoms with Crippen LogP contribution in [0, 0.1) is 13.8 Å². The van der Waals surface area contributed by atoms with Gasteiger partial charge in [-0.1, -0.05) is 6.07 Å². The van der Waals surface area contributed by atoms with Crippen LogP contribution in [-0.4, -0.2) is 35.9 Å². The summed E-state index contributed by atoms with van der Waals surface area (Å²) in [6.45, 7) is 5.09. The Morgan fingerprint density at radius 3 is 2.22 bits per heavy atom. The predicted octanol–water partition coefficient (Wildman–Crippen LogP) is 3.29. The summed E-state index contributed by atoms with van der Waals surface area (Å²) in [5.74, 6) is 0.0468. The van der Waals surface area contributed by atoms with Crippen molar-refractivity contribution < 1.29 is 9.90 Å². The fourth-order valence-corrected chi connectivity index (χ4v) is 2.50. The Bertz CT molecular complexity index is 429. The molecule has 3 nitrogen and oxygen atoms in total. The highest BCUT2D eigenvalue weighted by Crippen LogP contribution is 2.27. The molecule has 0 aliphatic rings. The Hall–Kier alpha value is -0.930. The van der Waals surface area contributed by atoms with E-state index in [2.05, 4.69) is 0 Å². The number of nitrogens with zero attached hydrogens (tertiary/aromatic N) is 1. The van der Waals surface area contributed by atoms with Gasteiger partial charge in [-0.05, 0) is 31.0 Å². The molecule has 0 heterocycles. The molecule has 1 aromatic carbocycles. The molecule has 1 N–H and O–H groups in total. The average Bonchev–Trinajstić information content (AvgIpc) is 2.29. The zero-order chi connectivity index (χ0) is 13.7. The molecule has 5 heteroatoms. The maximum absolute atomic E-state index is 11.2. The zero-order valence-electron chi connectivity index (χ0n) is 10.5. The lowest BCUT2D eigenvalue weighted by Gasteiger charge is -2.27. The molecule has 0 saturated heterocycles. The molecular formula is C13H17Cl2NO2. The maximum atomic E-state index is 11.2. The summed E-state index contributed by atoms with van der Waals surface area (Å²) in [6.07, 6.45) is 0. The van der Waals surface area contributed by atoms with E-state index < -0.39 is 5.97 Å². The van der Waals surface area contributed by atoms with Gasteiger partial charge in [-0.15, -0.1) is 23.2 Å². The summed E-state index contributed by atoms with van der Waals surface area (Å²) in [7, 11) is 0. The van der Waals surface area contributed by atoms with Crippen LogP contribution in [0.3, 0.4) is 0 Å². The average molecular weight is 290 g/mol. The third kappa shape index (κ3) is 3.30. The zero-order valence-corrected chi connectivity index (χ0v) is 12.1. The standard InChI is InChI=1S/C13H17Cl2NO2/c1-9-3-4-11(13(17)18)10(2)12(9)16(7-5-14)8-6-15/h3-4H,5-8H2,1-2H3,(H,17,18). The van der Waals surface area contributed by atoms with Gasteiger partial charge in [0.05, 0.1) is 5.56 Å². The molecule has 1 rings (SSSR count). The number of hydrogen-bond acceptors (Lipinski definition) is 2. The predicted molar refractivity (Wildman–Crippen MR) is 76.5 cm³/mol. The minimum Gasteiger partial charge on any atom is -0.478 e. The smallest absolute Gasteiger partial charge is 0.336 e. The molecule has 0 radical (unpaired) electrons. The number of rotatable bonds is 6. The molecule has 18 heavy (non-hydrogen) atoms. The lowest BCUT2D eigenvalue weighted by atomic mass is 10.0. The van der Waals surface area contributed by atoms with E-state index in [1.807, 2.05) is 24.8 Å². The van der Waals surface area contributed by atoms with Crippen molar-refractivity contribution >= 4 is 34.9 Å². The minimum atomic E-state index is -0.912. The van der Waals surface area contributed by atoms with Crippen molar-refractivity contribution in [3.05, 3.63) is 28.8 Å². The molecule has 0 bridgehead atoms. The van der Waals surface area contributed by atoms with Gasteiger partial charge in [-0.25, -0.2) is 4.79 Å². The second-order valence-electron chi connectivity index (χ2n) is 4.07. The van der Waals surface area contributed by atoms with Crippen LogP contribution in [0.1, 0.15) is 21.5 Å². The summed E-state index contributed by atoms with van der Waals surface area (Å²) in [5.41, 5.74) is 3.05. The van der Waals surface area contributed by atoms with Crippen LogP contribution in [0.5, 0.6) is 0 Å². The van der Waals surface area contributed by atoms with Crippen molar-refractivity contribution in [3.63, 3.8) is 0 Å². The third-order valence-corrected chi connectivity index (χ3v) is 3.23. The van der Waals surface area contributed by atoms with Gasteiger partial charge in [0, 0.05) is 30.5 Å². The van der Waals surface area contributed by atoms with Crippen molar-refractivity contribution in [1.82, 2.24) is 0 Å². The van der Waals surface area contributed by atoms with Gasteiger partial charge in [0.2, 0.25) is 0 Å². The molecule has 0 spiro atoms. The van der Waals surface area contributed by atoms with Crippen molar-refractivity contribution in [2.75, 3.05) is 29.7 Å². The van der Waals surface area contributed by atoms with E-state index in [4.69, 9.17) is 28.3 Å². The molecule has 0 fully saturated rings. The quantitative estimate of drug-likeness (QED) is 0.817. The Labute approximate surface area is 117 Å². The highest BCUT2D eigenvalue weighted by Gasteiger charge is 2.17. The van der Waals surface area contributed by atoms with Crippen molar-refractivity contribution in [2.24, 2.45) is 0 Å². The topological polar surface area (TPSA) is 40.5 Å². The second kappa shape index (κ2) is 6.86. The minimum absolute atomic E-state index is 0.324. The largest absolute Gasteiger partial charge is 0.478 e. The fourth-order valence-electron chi connectivity index (χ4n) is 2.09. The molecule has 0 aromatic heterocycles.